The van der Waals surface area contributed by atoms with E-state index in [2.05, 4.69) is 5.32 Å². The fourth-order valence-corrected chi connectivity index (χ4v) is 2.75. The zero-order valence-electron chi connectivity index (χ0n) is 12.3. The van der Waals surface area contributed by atoms with Gasteiger partial charge in [0.25, 0.3) is 0 Å². The number of hydrogen-bond acceptors (Lipinski definition) is 2. The number of hydrogen-bond donors (Lipinski definition) is 1. The number of para-hydroxylation sites is 1. The number of anilines is 2. The number of carbonyl (C=O) groups excluding carboxylic acids is 2. The van der Waals surface area contributed by atoms with Crippen molar-refractivity contribution in [1.29, 1.82) is 0 Å². The molecule has 0 fully saturated rings. The highest BCUT2D eigenvalue weighted by atomic mass is 19.1. The van der Waals surface area contributed by atoms with Gasteiger partial charge in [-0.1, -0.05) is 18.2 Å². The van der Waals surface area contributed by atoms with Crippen molar-refractivity contribution >= 4 is 23.2 Å². The smallest absolute Gasteiger partial charge is 0.315 e. The summed E-state index contributed by atoms with van der Waals surface area (Å²) in [5, 5.41) is 2.19. The molecule has 0 bridgehead atoms. The Labute approximate surface area is 131 Å². The standard InChI is InChI=1S/C17H14F2N2O2/c1-10-8-11-4-2-3-5-15(11)21(10)17(23)16(22)20-14-7-6-12(18)9-13(14)19/h2-7,9-10H,8H2,1H3,(H,20,22). The van der Waals surface area contributed by atoms with Crippen molar-refractivity contribution in [2.45, 2.75) is 19.4 Å². The van der Waals surface area contributed by atoms with Gasteiger partial charge in [0.05, 0.1) is 5.69 Å². The molecule has 118 valence electrons. The van der Waals surface area contributed by atoms with Gasteiger partial charge < -0.3 is 10.2 Å². The number of carbonyl (C=O) groups is 2. The molecular weight excluding hydrogens is 302 g/mol. The molecule has 2 aromatic rings. The first-order valence-corrected chi connectivity index (χ1v) is 7.15. The molecular formula is C17H14F2N2O2. The van der Waals surface area contributed by atoms with Crippen LogP contribution in [-0.2, 0) is 16.0 Å². The topological polar surface area (TPSA) is 49.4 Å². The summed E-state index contributed by atoms with van der Waals surface area (Å²) in [5.74, 6) is -3.42. The van der Waals surface area contributed by atoms with Gasteiger partial charge in [0.15, 0.2) is 0 Å². The summed E-state index contributed by atoms with van der Waals surface area (Å²) in [5.41, 5.74) is 1.43. The van der Waals surface area contributed by atoms with Gasteiger partial charge in [-0.3, -0.25) is 9.59 Å². The first-order chi connectivity index (χ1) is 11.0. The fraction of sp³-hybridized carbons (Fsp3) is 0.176. The Balaban J connectivity index is 1.82. The molecule has 0 aliphatic carbocycles. The van der Waals surface area contributed by atoms with Crippen molar-refractivity contribution in [3.05, 3.63) is 59.7 Å². The molecule has 1 heterocycles. The van der Waals surface area contributed by atoms with E-state index in [1.165, 1.54) is 4.90 Å². The van der Waals surface area contributed by atoms with Gasteiger partial charge in [-0.2, -0.15) is 0 Å². The first kappa shape index (κ1) is 15.1. The minimum Gasteiger partial charge on any atom is -0.315 e. The molecule has 1 N–H and O–H groups in total. The summed E-state index contributed by atoms with van der Waals surface area (Å²) in [4.78, 5) is 25.9. The summed E-state index contributed by atoms with van der Waals surface area (Å²) in [6.07, 6.45) is 0.653. The Hall–Kier alpha value is -2.76. The lowest BCUT2D eigenvalue weighted by atomic mass is 10.1. The predicted molar refractivity (Wildman–Crippen MR) is 82.1 cm³/mol. The van der Waals surface area contributed by atoms with Gasteiger partial charge in [-0.15, -0.1) is 0 Å². The van der Waals surface area contributed by atoms with Gasteiger partial charge in [0.1, 0.15) is 11.6 Å². The van der Waals surface area contributed by atoms with Crippen molar-refractivity contribution in [1.82, 2.24) is 0 Å². The molecule has 0 spiro atoms. The minimum atomic E-state index is -0.959. The molecule has 0 saturated heterocycles. The molecule has 0 saturated carbocycles. The zero-order chi connectivity index (χ0) is 16.6. The van der Waals surface area contributed by atoms with E-state index in [9.17, 15) is 18.4 Å². The summed E-state index contributed by atoms with van der Waals surface area (Å²) >= 11 is 0. The third-order valence-corrected chi connectivity index (χ3v) is 3.80. The van der Waals surface area contributed by atoms with E-state index < -0.39 is 23.4 Å². The van der Waals surface area contributed by atoms with Crippen LogP contribution >= 0.6 is 0 Å². The van der Waals surface area contributed by atoms with Crippen molar-refractivity contribution in [2.75, 3.05) is 10.2 Å². The second-order valence-electron chi connectivity index (χ2n) is 5.44. The van der Waals surface area contributed by atoms with Gasteiger partial charge in [-0.25, -0.2) is 8.78 Å². The summed E-state index contributed by atoms with van der Waals surface area (Å²) in [6.45, 7) is 1.84. The second-order valence-corrected chi connectivity index (χ2v) is 5.44. The second kappa shape index (κ2) is 5.79. The fourth-order valence-electron chi connectivity index (χ4n) is 2.75. The van der Waals surface area contributed by atoms with E-state index in [0.717, 1.165) is 17.7 Å². The molecule has 3 rings (SSSR count). The highest BCUT2D eigenvalue weighted by Gasteiger charge is 2.34. The number of nitrogens with zero attached hydrogens (tertiary/aromatic N) is 1. The van der Waals surface area contributed by atoms with E-state index in [1.807, 2.05) is 19.1 Å². The maximum absolute atomic E-state index is 13.6. The zero-order valence-corrected chi connectivity index (χ0v) is 12.3. The van der Waals surface area contributed by atoms with E-state index >= 15 is 0 Å². The van der Waals surface area contributed by atoms with Crippen LogP contribution in [-0.4, -0.2) is 17.9 Å². The Kier molecular flexibility index (Phi) is 3.82. The van der Waals surface area contributed by atoms with Gasteiger partial charge in [-0.05, 0) is 37.1 Å². The SMILES string of the molecule is CC1Cc2ccccc2N1C(=O)C(=O)Nc1ccc(F)cc1F. The van der Waals surface area contributed by atoms with E-state index in [0.29, 0.717) is 18.2 Å². The van der Waals surface area contributed by atoms with Gasteiger partial charge in [0.2, 0.25) is 0 Å². The highest BCUT2D eigenvalue weighted by molar-refractivity contribution is 6.44. The predicted octanol–water partition coefficient (Wildman–Crippen LogP) is 2.88. The summed E-state index contributed by atoms with van der Waals surface area (Å²) in [7, 11) is 0. The Morgan fingerprint density at radius 1 is 1.17 bits per heavy atom. The summed E-state index contributed by atoms with van der Waals surface area (Å²) in [6, 6.07) is 9.90. The van der Waals surface area contributed by atoms with Crippen molar-refractivity contribution in [2.24, 2.45) is 0 Å². The Bertz CT molecular complexity index is 792. The molecule has 1 atom stereocenters. The molecule has 0 radical (unpaired) electrons. The lowest BCUT2D eigenvalue weighted by molar-refractivity contribution is -0.134. The lowest BCUT2D eigenvalue weighted by Crippen LogP contribution is -2.43. The lowest BCUT2D eigenvalue weighted by Gasteiger charge is -2.22. The van der Waals surface area contributed by atoms with Crippen molar-refractivity contribution in [3.8, 4) is 0 Å². The number of nitrogens with one attached hydrogen (secondary N) is 1. The highest BCUT2D eigenvalue weighted by Crippen LogP contribution is 2.32. The van der Waals surface area contributed by atoms with Crippen LogP contribution in [0.2, 0.25) is 0 Å². The van der Waals surface area contributed by atoms with Crippen LogP contribution in [0.5, 0.6) is 0 Å². The molecule has 4 nitrogen and oxygen atoms in total. The van der Waals surface area contributed by atoms with Crippen molar-refractivity contribution < 1.29 is 18.4 Å². The summed E-state index contributed by atoms with van der Waals surface area (Å²) < 4.78 is 26.5. The Morgan fingerprint density at radius 3 is 2.65 bits per heavy atom. The number of fused-ring (bicyclic) bond motifs is 1. The minimum absolute atomic E-state index is 0.163. The average Bonchev–Trinajstić information content (AvgIpc) is 2.85. The van der Waals surface area contributed by atoms with Crippen LogP contribution in [0.3, 0.4) is 0 Å². The number of halogens is 2. The maximum atomic E-state index is 13.6. The maximum Gasteiger partial charge on any atom is 0.316 e. The molecule has 0 aromatic heterocycles. The first-order valence-electron chi connectivity index (χ1n) is 7.15. The van der Waals surface area contributed by atoms with Crippen LogP contribution in [0.1, 0.15) is 12.5 Å². The Morgan fingerprint density at radius 2 is 1.91 bits per heavy atom. The van der Waals surface area contributed by atoms with E-state index in [-0.39, 0.29) is 11.7 Å². The van der Waals surface area contributed by atoms with E-state index in [1.54, 1.807) is 12.1 Å². The molecule has 2 amide bonds. The molecule has 1 aliphatic heterocycles. The van der Waals surface area contributed by atoms with Gasteiger partial charge in [0, 0.05) is 17.8 Å². The number of benzene rings is 2. The van der Waals surface area contributed by atoms with Gasteiger partial charge >= 0.3 is 11.8 Å². The largest absolute Gasteiger partial charge is 0.316 e. The average molecular weight is 316 g/mol. The molecule has 6 heteroatoms. The van der Waals surface area contributed by atoms with Crippen LogP contribution in [0.25, 0.3) is 0 Å². The third-order valence-electron chi connectivity index (χ3n) is 3.80. The van der Waals surface area contributed by atoms with Crippen molar-refractivity contribution in [3.63, 3.8) is 0 Å². The van der Waals surface area contributed by atoms with E-state index in [4.69, 9.17) is 0 Å². The molecule has 23 heavy (non-hydrogen) atoms. The van der Waals surface area contributed by atoms with Crippen LogP contribution in [0.4, 0.5) is 20.2 Å². The molecule has 2 aromatic carbocycles. The normalized spacial score (nSPS) is 16.1. The molecule has 1 unspecified atom stereocenters. The van der Waals surface area contributed by atoms with Crippen LogP contribution in [0, 0.1) is 11.6 Å². The monoisotopic (exact) mass is 316 g/mol. The van der Waals surface area contributed by atoms with Crippen LogP contribution < -0.4 is 10.2 Å². The number of rotatable bonds is 1. The van der Waals surface area contributed by atoms with Crippen LogP contribution in [0.15, 0.2) is 42.5 Å². The molecule has 1 aliphatic rings. The third kappa shape index (κ3) is 2.79. The number of amides is 2. The quantitative estimate of drug-likeness (QED) is 0.823.